The number of carbonyl (C=O) groups excluding carboxylic acids is 1. The minimum Gasteiger partial charge on any atom is -0.481 e. The molecule has 0 spiro atoms. The van der Waals surface area contributed by atoms with Gasteiger partial charge in [0.1, 0.15) is 5.69 Å². The number of nitrogens with one attached hydrogen (secondary N) is 1. The molecule has 1 aromatic carbocycles. The van der Waals surface area contributed by atoms with E-state index in [0.29, 0.717) is 5.69 Å². The number of benzene rings is 1. The number of amides is 1. The van der Waals surface area contributed by atoms with Crippen LogP contribution in [0.5, 0.6) is 0 Å². The Hall–Kier alpha value is -2.56. The number of aromatic nitrogens is 1. The maximum Gasteiger partial charge on any atom is 0.308 e. The van der Waals surface area contributed by atoms with Crippen molar-refractivity contribution < 1.29 is 14.7 Å². The minimum atomic E-state index is -0.948. The summed E-state index contributed by atoms with van der Waals surface area (Å²) in [4.78, 5) is 23.6. The Bertz CT molecular complexity index is 634. The second-order valence-corrected chi connectivity index (χ2v) is 4.99. The largest absolute Gasteiger partial charge is 0.481 e. The summed E-state index contributed by atoms with van der Waals surface area (Å²) in [6.45, 7) is 1.59. The van der Waals surface area contributed by atoms with Crippen molar-refractivity contribution in [3.05, 3.63) is 59.9 Å². The van der Waals surface area contributed by atoms with Gasteiger partial charge in [0.15, 0.2) is 0 Å². The van der Waals surface area contributed by atoms with Crippen LogP contribution in [0.2, 0.25) is 0 Å². The lowest BCUT2D eigenvalue weighted by Crippen LogP contribution is -2.36. The van der Waals surface area contributed by atoms with E-state index in [-0.39, 0.29) is 5.91 Å². The first-order valence-electron chi connectivity index (χ1n) is 6.70. The highest BCUT2D eigenvalue weighted by atomic mass is 16.4. The molecule has 5 nitrogen and oxygen atoms in total. The minimum absolute atomic E-state index is 0.288. The summed E-state index contributed by atoms with van der Waals surface area (Å²) in [6, 6.07) is 12.0. The van der Waals surface area contributed by atoms with Crippen LogP contribution in [0, 0.1) is 5.92 Å². The molecule has 1 aromatic heterocycles. The van der Waals surface area contributed by atoms with Gasteiger partial charge in [-0.3, -0.25) is 9.59 Å². The Balaban J connectivity index is 2.27. The van der Waals surface area contributed by atoms with Crippen molar-refractivity contribution in [2.75, 3.05) is 0 Å². The van der Waals surface area contributed by atoms with Crippen LogP contribution in [-0.2, 0) is 11.8 Å². The van der Waals surface area contributed by atoms with E-state index in [0.717, 1.165) is 5.56 Å². The number of carbonyl (C=O) groups is 2. The number of aliphatic carboxylic acids is 1. The van der Waals surface area contributed by atoms with Crippen molar-refractivity contribution in [2.45, 2.75) is 13.0 Å². The molecule has 1 amide bonds. The van der Waals surface area contributed by atoms with E-state index >= 15 is 0 Å². The molecule has 5 heteroatoms. The molecule has 1 heterocycles. The monoisotopic (exact) mass is 286 g/mol. The molecule has 110 valence electrons. The molecular weight excluding hydrogens is 268 g/mol. The topological polar surface area (TPSA) is 71.3 Å². The highest BCUT2D eigenvalue weighted by molar-refractivity contribution is 5.93. The molecule has 0 bridgehead atoms. The zero-order valence-electron chi connectivity index (χ0n) is 12.0. The van der Waals surface area contributed by atoms with E-state index in [1.54, 1.807) is 36.9 Å². The number of hydrogen-bond donors (Lipinski definition) is 2. The second kappa shape index (κ2) is 6.26. The summed E-state index contributed by atoms with van der Waals surface area (Å²) in [6.07, 6.45) is 1.77. The third-order valence-corrected chi connectivity index (χ3v) is 3.51. The fourth-order valence-electron chi connectivity index (χ4n) is 2.21. The number of rotatable bonds is 5. The molecule has 2 rings (SSSR count). The smallest absolute Gasteiger partial charge is 0.308 e. The Morgan fingerprint density at radius 2 is 1.81 bits per heavy atom. The molecule has 2 atom stereocenters. The van der Waals surface area contributed by atoms with Gasteiger partial charge in [0.25, 0.3) is 5.91 Å². The predicted octanol–water partition coefficient (Wildman–Crippen LogP) is 2.22. The van der Waals surface area contributed by atoms with Crippen LogP contribution >= 0.6 is 0 Å². The molecule has 0 saturated heterocycles. The number of aryl methyl sites for hydroxylation is 1. The van der Waals surface area contributed by atoms with Crippen molar-refractivity contribution >= 4 is 11.9 Å². The van der Waals surface area contributed by atoms with Gasteiger partial charge in [-0.05, 0) is 24.6 Å². The number of carboxylic acid groups (broad SMARTS) is 1. The van der Waals surface area contributed by atoms with Crippen molar-refractivity contribution in [1.82, 2.24) is 9.88 Å². The molecule has 2 aromatic rings. The molecule has 0 aliphatic carbocycles. The Labute approximate surface area is 123 Å². The van der Waals surface area contributed by atoms with Gasteiger partial charge >= 0.3 is 5.97 Å². The molecule has 0 unspecified atom stereocenters. The van der Waals surface area contributed by atoms with Crippen LogP contribution in [0.25, 0.3) is 0 Å². The SMILES string of the molecule is C[C@@H](C(=O)O)[C@H](NC(=O)c1cccn1C)c1ccccc1. The number of nitrogens with zero attached hydrogens (tertiary/aromatic N) is 1. The zero-order valence-corrected chi connectivity index (χ0v) is 12.0. The predicted molar refractivity (Wildman–Crippen MR) is 78.9 cm³/mol. The highest BCUT2D eigenvalue weighted by Gasteiger charge is 2.27. The number of hydrogen-bond acceptors (Lipinski definition) is 2. The first-order valence-corrected chi connectivity index (χ1v) is 6.70. The van der Waals surface area contributed by atoms with E-state index in [4.69, 9.17) is 0 Å². The van der Waals surface area contributed by atoms with Gasteiger partial charge < -0.3 is 15.0 Å². The summed E-state index contributed by atoms with van der Waals surface area (Å²) < 4.78 is 1.70. The summed E-state index contributed by atoms with van der Waals surface area (Å²) in [5.74, 6) is -1.96. The van der Waals surface area contributed by atoms with Crippen LogP contribution in [0.4, 0.5) is 0 Å². The quantitative estimate of drug-likeness (QED) is 0.885. The molecule has 21 heavy (non-hydrogen) atoms. The van der Waals surface area contributed by atoms with Crippen LogP contribution in [-0.4, -0.2) is 21.6 Å². The second-order valence-electron chi connectivity index (χ2n) is 4.99. The Morgan fingerprint density at radius 3 is 2.33 bits per heavy atom. The van der Waals surface area contributed by atoms with Crippen LogP contribution in [0.15, 0.2) is 48.7 Å². The summed E-state index contributed by atoms with van der Waals surface area (Å²) in [5, 5.41) is 12.1. The van der Waals surface area contributed by atoms with Crippen molar-refractivity contribution in [3.63, 3.8) is 0 Å². The van der Waals surface area contributed by atoms with Gasteiger partial charge in [0, 0.05) is 13.2 Å². The fourth-order valence-corrected chi connectivity index (χ4v) is 2.21. The van der Waals surface area contributed by atoms with E-state index in [1.165, 1.54) is 0 Å². The Kier molecular flexibility index (Phi) is 4.42. The van der Waals surface area contributed by atoms with E-state index in [9.17, 15) is 14.7 Å². The van der Waals surface area contributed by atoms with Gasteiger partial charge in [-0.2, -0.15) is 0 Å². The lowest BCUT2D eigenvalue weighted by atomic mass is 9.94. The van der Waals surface area contributed by atoms with Crippen molar-refractivity contribution in [3.8, 4) is 0 Å². The summed E-state index contributed by atoms with van der Waals surface area (Å²) in [5.41, 5.74) is 1.27. The maximum absolute atomic E-state index is 12.3. The summed E-state index contributed by atoms with van der Waals surface area (Å²) >= 11 is 0. The first-order chi connectivity index (χ1) is 10.0. The lowest BCUT2D eigenvalue weighted by Gasteiger charge is -2.23. The molecule has 0 radical (unpaired) electrons. The van der Waals surface area contributed by atoms with Crippen molar-refractivity contribution in [1.29, 1.82) is 0 Å². The zero-order chi connectivity index (χ0) is 15.4. The maximum atomic E-state index is 12.3. The molecule has 0 aliphatic rings. The van der Waals surface area contributed by atoms with Crippen LogP contribution < -0.4 is 5.32 Å². The van der Waals surface area contributed by atoms with Gasteiger partial charge in [0.05, 0.1) is 12.0 Å². The van der Waals surface area contributed by atoms with Gasteiger partial charge in [-0.1, -0.05) is 30.3 Å². The lowest BCUT2D eigenvalue weighted by molar-refractivity contribution is -0.142. The molecule has 0 aliphatic heterocycles. The normalized spacial score (nSPS) is 13.4. The van der Waals surface area contributed by atoms with E-state index < -0.39 is 17.9 Å². The Morgan fingerprint density at radius 1 is 1.14 bits per heavy atom. The molecule has 0 fully saturated rings. The first kappa shape index (κ1) is 14.8. The molecular formula is C16H18N2O3. The van der Waals surface area contributed by atoms with E-state index in [2.05, 4.69) is 5.32 Å². The van der Waals surface area contributed by atoms with Gasteiger partial charge in [-0.25, -0.2) is 0 Å². The third kappa shape index (κ3) is 3.31. The van der Waals surface area contributed by atoms with Crippen LogP contribution in [0.1, 0.15) is 29.0 Å². The summed E-state index contributed by atoms with van der Waals surface area (Å²) in [7, 11) is 1.77. The van der Waals surface area contributed by atoms with Crippen LogP contribution in [0.3, 0.4) is 0 Å². The standard InChI is InChI=1S/C16H18N2O3/c1-11(16(20)21)14(12-7-4-3-5-8-12)17-15(19)13-9-6-10-18(13)2/h3-11,14H,1-2H3,(H,17,19)(H,20,21)/t11-,14+/m1/s1. The highest BCUT2D eigenvalue weighted by Crippen LogP contribution is 2.22. The van der Waals surface area contributed by atoms with Crippen molar-refractivity contribution in [2.24, 2.45) is 13.0 Å². The van der Waals surface area contributed by atoms with E-state index in [1.807, 2.05) is 30.3 Å². The third-order valence-electron chi connectivity index (χ3n) is 3.51. The fraction of sp³-hybridized carbons (Fsp3) is 0.250. The molecule has 0 saturated carbocycles. The average molecular weight is 286 g/mol. The average Bonchev–Trinajstić information content (AvgIpc) is 2.91. The molecule has 2 N–H and O–H groups in total. The van der Waals surface area contributed by atoms with Gasteiger partial charge in [-0.15, -0.1) is 0 Å². The number of carboxylic acids is 1. The van der Waals surface area contributed by atoms with Gasteiger partial charge in [0.2, 0.25) is 0 Å².